The van der Waals surface area contributed by atoms with Crippen molar-refractivity contribution in [2.45, 2.75) is 31.7 Å². The summed E-state index contributed by atoms with van der Waals surface area (Å²) in [7, 11) is -1.18. The molecule has 0 bridgehead atoms. The van der Waals surface area contributed by atoms with Gasteiger partial charge in [0.25, 0.3) is 10.2 Å². The second-order valence-electron chi connectivity index (χ2n) is 4.97. The van der Waals surface area contributed by atoms with Gasteiger partial charge in [-0.1, -0.05) is 0 Å². The highest BCUT2D eigenvalue weighted by atomic mass is 32.2. The van der Waals surface area contributed by atoms with Crippen LogP contribution in [0.4, 0.5) is 0 Å². The summed E-state index contributed by atoms with van der Waals surface area (Å²) in [5.41, 5.74) is 0. The SMILES string of the molecule is CN1CCC(NS(=O)(=O)N2CC[CH]CC2)CC1. The summed E-state index contributed by atoms with van der Waals surface area (Å²) >= 11 is 0. The number of hydrogen-bond acceptors (Lipinski definition) is 3. The Morgan fingerprint density at radius 2 is 1.71 bits per heavy atom. The van der Waals surface area contributed by atoms with Crippen LogP contribution in [-0.4, -0.2) is 56.9 Å². The van der Waals surface area contributed by atoms with Crippen molar-refractivity contribution in [1.29, 1.82) is 0 Å². The van der Waals surface area contributed by atoms with E-state index in [0.29, 0.717) is 13.1 Å². The molecular formula is C11H22N3O2S. The number of nitrogens with one attached hydrogen (secondary N) is 1. The summed E-state index contributed by atoms with van der Waals surface area (Å²) in [5, 5.41) is 0. The molecule has 6 heteroatoms. The van der Waals surface area contributed by atoms with E-state index in [0.717, 1.165) is 38.8 Å². The van der Waals surface area contributed by atoms with E-state index in [1.807, 2.05) is 0 Å². The number of piperidine rings is 2. The Balaban J connectivity index is 1.88. The van der Waals surface area contributed by atoms with Gasteiger partial charge < -0.3 is 4.90 Å². The van der Waals surface area contributed by atoms with Crippen molar-refractivity contribution in [3.8, 4) is 0 Å². The average molecular weight is 260 g/mol. The predicted octanol–water partition coefficient (Wildman–Crippen LogP) is 0.215. The zero-order valence-electron chi connectivity index (χ0n) is 10.4. The second kappa shape index (κ2) is 5.65. The predicted molar refractivity (Wildman–Crippen MR) is 67.7 cm³/mol. The van der Waals surface area contributed by atoms with E-state index in [4.69, 9.17) is 0 Å². The van der Waals surface area contributed by atoms with Crippen LogP contribution in [0.1, 0.15) is 25.7 Å². The molecule has 99 valence electrons. The van der Waals surface area contributed by atoms with Crippen molar-refractivity contribution in [2.24, 2.45) is 0 Å². The van der Waals surface area contributed by atoms with Crippen LogP contribution in [0.25, 0.3) is 0 Å². The van der Waals surface area contributed by atoms with E-state index in [2.05, 4.69) is 23.1 Å². The van der Waals surface area contributed by atoms with Gasteiger partial charge in [-0.2, -0.15) is 17.4 Å². The van der Waals surface area contributed by atoms with E-state index in [1.54, 1.807) is 4.31 Å². The number of nitrogens with zero attached hydrogens (tertiary/aromatic N) is 2. The van der Waals surface area contributed by atoms with Crippen molar-refractivity contribution < 1.29 is 8.42 Å². The second-order valence-corrected chi connectivity index (χ2v) is 6.67. The first-order valence-corrected chi connectivity index (χ1v) is 7.79. The Morgan fingerprint density at radius 3 is 2.29 bits per heavy atom. The van der Waals surface area contributed by atoms with E-state index in [9.17, 15) is 8.42 Å². The maximum atomic E-state index is 12.1. The largest absolute Gasteiger partial charge is 0.306 e. The third kappa shape index (κ3) is 3.64. The molecule has 2 heterocycles. The molecule has 2 aliphatic rings. The molecule has 2 rings (SSSR count). The standard InChI is InChI=1S/C11H22N3O2S/c1-13-9-5-11(6-10-13)12-17(15,16)14-7-3-2-4-8-14/h2,11-12H,3-10H2,1H3. The van der Waals surface area contributed by atoms with Crippen LogP contribution < -0.4 is 4.72 Å². The lowest BCUT2D eigenvalue weighted by Gasteiger charge is -2.32. The lowest BCUT2D eigenvalue weighted by molar-refractivity contribution is 0.245. The van der Waals surface area contributed by atoms with Crippen LogP contribution in [0, 0.1) is 6.42 Å². The minimum Gasteiger partial charge on any atom is -0.306 e. The zero-order valence-corrected chi connectivity index (χ0v) is 11.2. The summed E-state index contributed by atoms with van der Waals surface area (Å²) in [4.78, 5) is 2.24. The normalized spacial score (nSPS) is 26.2. The van der Waals surface area contributed by atoms with Crippen LogP contribution in [0.3, 0.4) is 0 Å². The molecule has 1 N–H and O–H groups in total. The number of likely N-dealkylation sites (tertiary alicyclic amines) is 1. The smallest absolute Gasteiger partial charge is 0.279 e. The van der Waals surface area contributed by atoms with Gasteiger partial charge in [0.05, 0.1) is 0 Å². The molecule has 5 nitrogen and oxygen atoms in total. The van der Waals surface area contributed by atoms with Crippen molar-refractivity contribution >= 4 is 10.2 Å². The molecule has 1 radical (unpaired) electrons. The van der Waals surface area contributed by atoms with Crippen LogP contribution in [-0.2, 0) is 10.2 Å². The van der Waals surface area contributed by atoms with Crippen molar-refractivity contribution in [2.75, 3.05) is 33.2 Å². The van der Waals surface area contributed by atoms with Gasteiger partial charge in [0.15, 0.2) is 0 Å². The fourth-order valence-corrected chi connectivity index (χ4v) is 3.88. The first-order chi connectivity index (χ1) is 8.08. The monoisotopic (exact) mass is 260 g/mol. The Kier molecular flexibility index (Phi) is 4.41. The maximum absolute atomic E-state index is 12.1. The molecule has 0 spiro atoms. The van der Waals surface area contributed by atoms with Crippen LogP contribution >= 0.6 is 0 Å². The Labute approximate surface area is 104 Å². The number of rotatable bonds is 3. The van der Waals surface area contributed by atoms with Crippen molar-refractivity contribution in [3.63, 3.8) is 0 Å². The first-order valence-electron chi connectivity index (χ1n) is 6.35. The summed E-state index contributed by atoms with van der Waals surface area (Å²) in [5.74, 6) is 0. The fourth-order valence-electron chi connectivity index (χ4n) is 2.38. The topological polar surface area (TPSA) is 52.7 Å². The van der Waals surface area contributed by atoms with Gasteiger partial charge in [0.1, 0.15) is 0 Å². The Hall–Kier alpha value is -0.170. The molecular weight excluding hydrogens is 238 g/mol. The van der Waals surface area contributed by atoms with Crippen molar-refractivity contribution in [1.82, 2.24) is 13.9 Å². The molecule has 2 fully saturated rings. The number of hydrogen-bond donors (Lipinski definition) is 1. The lowest BCUT2D eigenvalue weighted by Crippen LogP contribution is -2.50. The van der Waals surface area contributed by atoms with Crippen LogP contribution in [0.2, 0.25) is 0 Å². The van der Waals surface area contributed by atoms with Gasteiger partial charge in [-0.15, -0.1) is 0 Å². The lowest BCUT2D eigenvalue weighted by atomic mass is 10.1. The quantitative estimate of drug-likeness (QED) is 0.789. The third-order valence-corrected chi connectivity index (χ3v) is 5.22. The van der Waals surface area contributed by atoms with Gasteiger partial charge in [-0.3, -0.25) is 0 Å². The Bertz CT molecular complexity index is 331. The van der Waals surface area contributed by atoms with Gasteiger partial charge in [0, 0.05) is 19.1 Å². The molecule has 0 amide bonds. The molecule has 0 aromatic rings. The van der Waals surface area contributed by atoms with E-state index >= 15 is 0 Å². The molecule has 0 unspecified atom stereocenters. The fraction of sp³-hybridized carbons (Fsp3) is 0.909. The molecule has 0 aromatic heterocycles. The molecule has 0 aliphatic carbocycles. The van der Waals surface area contributed by atoms with Crippen LogP contribution in [0.5, 0.6) is 0 Å². The van der Waals surface area contributed by atoms with E-state index < -0.39 is 10.2 Å². The highest BCUT2D eigenvalue weighted by molar-refractivity contribution is 7.87. The Morgan fingerprint density at radius 1 is 1.12 bits per heavy atom. The van der Waals surface area contributed by atoms with E-state index in [1.165, 1.54) is 0 Å². The molecule has 0 saturated carbocycles. The van der Waals surface area contributed by atoms with Gasteiger partial charge in [0.2, 0.25) is 0 Å². The third-order valence-electron chi connectivity index (χ3n) is 3.54. The van der Waals surface area contributed by atoms with E-state index in [-0.39, 0.29) is 6.04 Å². The highest BCUT2D eigenvalue weighted by Gasteiger charge is 2.27. The van der Waals surface area contributed by atoms with Gasteiger partial charge in [-0.05, 0) is 52.2 Å². The summed E-state index contributed by atoms with van der Waals surface area (Å²) < 4.78 is 28.7. The van der Waals surface area contributed by atoms with Gasteiger partial charge >= 0.3 is 0 Å². The summed E-state index contributed by atoms with van der Waals surface area (Å²) in [6.45, 7) is 3.20. The summed E-state index contributed by atoms with van der Waals surface area (Å²) in [6, 6.07) is 0.113. The minimum absolute atomic E-state index is 0.113. The summed E-state index contributed by atoms with van der Waals surface area (Å²) in [6.07, 6.45) is 5.72. The molecule has 2 aliphatic heterocycles. The molecule has 0 atom stereocenters. The average Bonchev–Trinajstić information content (AvgIpc) is 2.33. The van der Waals surface area contributed by atoms with Crippen LogP contribution in [0.15, 0.2) is 0 Å². The maximum Gasteiger partial charge on any atom is 0.279 e. The zero-order chi connectivity index (χ0) is 12.3. The van der Waals surface area contributed by atoms with Gasteiger partial charge in [-0.25, -0.2) is 0 Å². The molecule has 17 heavy (non-hydrogen) atoms. The molecule has 2 saturated heterocycles. The minimum atomic E-state index is -3.26. The van der Waals surface area contributed by atoms with Crippen molar-refractivity contribution in [3.05, 3.63) is 6.42 Å². The highest BCUT2D eigenvalue weighted by Crippen LogP contribution is 2.14. The first kappa shape index (κ1) is 13.3. The molecule has 0 aromatic carbocycles.